The second kappa shape index (κ2) is 16.4. The molecule has 0 saturated heterocycles. The molecule has 6 nitrogen and oxygen atoms in total. The summed E-state index contributed by atoms with van der Waals surface area (Å²) < 4.78 is 0. The van der Waals surface area contributed by atoms with Crippen LogP contribution in [-0.2, 0) is 25.7 Å². The van der Waals surface area contributed by atoms with Crippen LogP contribution in [0.25, 0.3) is 33.6 Å². The number of rotatable bonds is 9. The SMILES string of the molecule is C.CCc1nc(CC)nc(-c2cccc(-c3ccc(-c4ccccc4)cc3)c2)n1.CCc1nc(CC)nc(C(C)CC)n1. The Labute approximate surface area is 258 Å². The van der Waals surface area contributed by atoms with Crippen LogP contribution in [-0.4, -0.2) is 29.9 Å². The van der Waals surface area contributed by atoms with E-state index in [0.717, 1.165) is 78.2 Å². The quantitative estimate of drug-likeness (QED) is 0.175. The summed E-state index contributed by atoms with van der Waals surface area (Å²) >= 11 is 0. The molecular weight excluding hydrogens is 528 g/mol. The number of hydrogen-bond acceptors (Lipinski definition) is 6. The van der Waals surface area contributed by atoms with Crippen LogP contribution < -0.4 is 0 Å². The lowest BCUT2D eigenvalue weighted by atomic mass is 9.99. The molecule has 0 aliphatic carbocycles. The summed E-state index contributed by atoms with van der Waals surface area (Å²) in [6.45, 7) is 12.6. The van der Waals surface area contributed by atoms with Gasteiger partial charge in [0.25, 0.3) is 0 Å². The molecule has 2 heterocycles. The zero-order chi connectivity index (χ0) is 29.9. The van der Waals surface area contributed by atoms with Crippen LogP contribution in [0.2, 0.25) is 0 Å². The third-order valence-corrected chi connectivity index (χ3v) is 7.24. The van der Waals surface area contributed by atoms with Crippen molar-refractivity contribution in [2.24, 2.45) is 0 Å². The average molecular weight is 575 g/mol. The predicted octanol–water partition coefficient (Wildman–Crippen LogP) is 9.14. The van der Waals surface area contributed by atoms with Crippen molar-refractivity contribution >= 4 is 0 Å². The third kappa shape index (κ3) is 8.84. The average Bonchev–Trinajstić information content (AvgIpc) is 3.08. The van der Waals surface area contributed by atoms with Crippen LogP contribution >= 0.6 is 0 Å². The van der Waals surface area contributed by atoms with Crippen LogP contribution in [0.1, 0.15) is 90.4 Å². The van der Waals surface area contributed by atoms with E-state index in [2.05, 4.69) is 144 Å². The number of hydrogen-bond donors (Lipinski definition) is 0. The summed E-state index contributed by atoms with van der Waals surface area (Å²) in [7, 11) is 0. The highest BCUT2D eigenvalue weighted by Crippen LogP contribution is 2.27. The fourth-order valence-electron chi connectivity index (χ4n) is 4.44. The molecule has 5 rings (SSSR count). The van der Waals surface area contributed by atoms with Gasteiger partial charge in [0, 0.05) is 37.2 Å². The Balaban J connectivity index is 0.000000287. The monoisotopic (exact) mass is 574 g/mol. The van der Waals surface area contributed by atoms with E-state index in [1.807, 2.05) is 6.07 Å². The summed E-state index contributed by atoms with van der Waals surface area (Å²) in [4.78, 5) is 27.0. The van der Waals surface area contributed by atoms with Gasteiger partial charge in [-0.3, -0.25) is 0 Å². The normalized spacial score (nSPS) is 11.2. The van der Waals surface area contributed by atoms with Crippen molar-refractivity contribution in [3.8, 4) is 33.6 Å². The van der Waals surface area contributed by atoms with Gasteiger partial charge in [0.05, 0.1) is 0 Å². The van der Waals surface area contributed by atoms with Crippen molar-refractivity contribution in [1.29, 1.82) is 0 Å². The van der Waals surface area contributed by atoms with Crippen LogP contribution in [0.5, 0.6) is 0 Å². The first-order chi connectivity index (χ1) is 20.5. The van der Waals surface area contributed by atoms with E-state index < -0.39 is 0 Å². The van der Waals surface area contributed by atoms with Gasteiger partial charge in [0.2, 0.25) is 0 Å². The van der Waals surface area contributed by atoms with Gasteiger partial charge in [0.15, 0.2) is 5.82 Å². The molecule has 0 bridgehead atoms. The Kier molecular flexibility index (Phi) is 12.6. The van der Waals surface area contributed by atoms with Gasteiger partial charge < -0.3 is 0 Å². The molecule has 2 aromatic heterocycles. The first-order valence-electron chi connectivity index (χ1n) is 15.2. The maximum atomic E-state index is 4.64. The van der Waals surface area contributed by atoms with E-state index in [1.54, 1.807) is 0 Å². The van der Waals surface area contributed by atoms with E-state index in [9.17, 15) is 0 Å². The van der Waals surface area contributed by atoms with Crippen LogP contribution in [0.4, 0.5) is 0 Å². The summed E-state index contributed by atoms with van der Waals surface area (Å²) in [6, 6.07) is 27.5. The van der Waals surface area contributed by atoms with Gasteiger partial charge in [-0.15, -0.1) is 0 Å². The van der Waals surface area contributed by atoms with Crippen molar-refractivity contribution < 1.29 is 0 Å². The predicted molar refractivity (Wildman–Crippen MR) is 179 cm³/mol. The minimum absolute atomic E-state index is 0. The lowest BCUT2D eigenvalue weighted by molar-refractivity contribution is 0.646. The largest absolute Gasteiger partial charge is 0.218 e. The summed E-state index contributed by atoms with van der Waals surface area (Å²) in [5, 5.41) is 0. The zero-order valence-corrected chi connectivity index (χ0v) is 25.8. The molecule has 5 aromatic rings. The fraction of sp³-hybridized carbons (Fsp3) is 0.351. The maximum absolute atomic E-state index is 4.64. The van der Waals surface area contributed by atoms with Crippen molar-refractivity contribution in [2.45, 2.75) is 87.0 Å². The van der Waals surface area contributed by atoms with Crippen LogP contribution in [0, 0.1) is 0 Å². The minimum atomic E-state index is 0. The van der Waals surface area contributed by atoms with E-state index in [1.165, 1.54) is 16.7 Å². The van der Waals surface area contributed by atoms with Crippen LogP contribution in [0.15, 0.2) is 78.9 Å². The summed E-state index contributed by atoms with van der Waals surface area (Å²) in [6.07, 6.45) is 4.47. The van der Waals surface area contributed by atoms with Crippen molar-refractivity contribution in [3.05, 3.63) is 108 Å². The van der Waals surface area contributed by atoms with Gasteiger partial charge in [-0.2, -0.15) is 0 Å². The molecule has 1 unspecified atom stereocenters. The molecule has 6 heteroatoms. The first kappa shape index (κ1) is 33.2. The van der Waals surface area contributed by atoms with Gasteiger partial charge >= 0.3 is 0 Å². The summed E-state index contributed by atoms with van der Waals surface area (Å²) in [5.74, 6) is 5.69. The second-order valence-electron chi connectivity index (χ2n) is 10.3. The Morgan fingerprint density at radius 3 is 1.37 bits per heavy atom. The standard InChI is InChI=1S/C25H23N3.C11H19N3.CH4/c1-3-23-26-24(4-2)28-25(27-23)22-12-8-11-21(17-22)20-15-13-19(14-16-20)18-9-6-5-7-10-18;1-5-8(4)11-13-9(6-2)12-10(7-3)14-11;/h5-17H,3-4H2,1-2H3;8H,5-7H2,1-4H3;1H4. The Hall–Kier alpha value is -4.32. The van der Waals surface area contributed by atoms with Gasteiger partial charge in [0.1, 0.15) is 29.1 Å². The van der Waals surface area contributed by atoms with Crippen molar-refractivity contribution in [2.75, 3.05) is 0 Å². The number of aryl methyl sites for hydroxylation is 4. The number of nitrogens with zero attached hydrogens (tertiary/aromatic N) is 6. The second-order valence-corrected chi connectivity index (χ2v) is 10.3. The van der Waals surface area contributed by atoms with E-state index >= 15 is 0 Å². The highest BCUT2D eigenvalue weighted by atomic mass is 15.0. The molecule has 1 atom stereocenters. The van der Waals surface area contributed by atoms with E-state index in [4.69, 9.17) is 0 Å². The molecule has 0 saturated carbocycles. The Morgan fingerprint density at radius 2 is 0.884 bits per heavy atom. The molecule has 0 radical (unpaired) electrons. The van der Waals surface area contributed by atoms with Gasteiger partial charge in [-0.05, 0) is 34.7 Å². The van der Waals surface area contributed by atoms with E-state index in [0.29, 0.717) is 5.92 Å². The van der Waals surface area contributed by atoms with Gasteiger partial charge in [-0.25, -0.2) is 29.9 Å². The van der Waals surface area contributed by atoms with Crippen LogP contribution in [0.3, 0.4) is 0 Å². The lowest BCUT2D eigenvalue weighted by Crippen LogP contribution is -2.08. The molecule has 43 heavy (non-hydrogen) atoms. The maximum Gasteiger partial charge on any atom is 0.163 e. The molecule has 0 spiro atoms. The number of benzene rings is 3. The molecule has 0 fully saturated rings. The molecule has 0 aliphatic heterocycles. The summed E-state index contributed by atoms with van der Waals surface area (Å²) in [5.41, 5.74) is 5.82. The molecule has 0 amide bonds. The third-order valence-electron chi connectivity index (χ3n) is 7.24. The fourth-order valence-corrected chi connectivity index (χ4v) is 4.44. The Morgan fingerprint density at radius 1 is 0.465 bits per heavy atom. The first-order valence-corrected chi connectivity index (χ1v) is 15.2. The highest BCUT2D eigenvalue weighted by Gasteiger charge is 2.10. The zero-order valence-electron chi connectivity index (χ0n) is 25.8. The van der Waals surface area contributed by atoms with Crippen molar-refractivity contribution in [1.82, 2.24) is 29.9 Å². The smallest absolute Gasteiger partial charge is 0.163 e. The molecular formula is C37H46N6. The highest BCUT2D eigenvalue weighted by molar-refractivity contribution is 5.73. The topological polar surface area (TPSA) is 77.3 Å². The van der Waals surface area contributed by atoms with E-state index in [-0.39, 0.29) is 7.43 Å². The van der Waals surface area contributed by atoms with Crippen molar-refractivity contribution in [3.63, 3.8) is 0 Å². The molecule has 0 N–H and O–H groups in total. The molecule has 0 aliphatic rings. The molecule has 3 aromatic carbocycles. The number of aromatic nitrogens is 6. The molecule has 224 valence electrons. The lowest BCUT2D eigenvalue weighted by Gasteiger charge is -2.09. The minimum Gasteiger partial charge on any atom is -0.218 e. The van der Waals surface area contributed by atoms with Gasteiger partial charge in [-0.1, -0.05) is 122 Å². The Bertz CT molecular complexity index is 1520.